The number of amides is 2. The number of fused-ring (bicyclic) bond motifs is 1. The van der Waals surface area contributed by atoms with Crippen LogP contribution in [-0.2, 0) is 27.2 Å². The average molecular weight is 936 g/mol. The molecule has 1 aromatic carbocycles. The first-order valence-electron chi connectivity index (χ1n) is 23.4. The van der Waals surface area contributed by atoms with Crippen molar-refractivity contribution in [1.82, 2.24) is 39.7 Å². The number of aromatic nitrogens is 7. The van der Waals surface area contributed by atoms with E-state index in [1.165, 1.54) is 97.1 Å². The maximum Gasteiger partial charge on any atom is 0.326 e. The molecule has 1 saturated carbocycles. The van der Waals surface area contributed by atoms with E-state index >= 15 is 0 Å². The number of anilines is 3. The Morgan fingerprint density at radius 1 is 0.912 bits per heavy atom. The van der Waals surface area contributed by atoms with E-state index in [-0.39, 0.29) is 35.9 Å². The van der Waals surface area contributed by atoms with Gasteiger partial charge in [0, 0.05) is 55.1 Å². The zero-order chi connectivity index (χ0) is 47.7. The predicted molar refractivity (Wildman–Crippen MR) is 254 cm³/mol. The first kappa shape index (κ1) is 49.1. The molecule has 6 aromatic rings. The summed E-state index contributed by atoms with van der Waals surface area (Å²) in [5.74, 6) is 0.184. The summed E-state index contributed by atoms with van der Waals surface area (Å²) in [5, 5.41) is 18.7. The third kappa shape index (κ3) is 13.9. The quantitative estimate of drug-likeness (QED) is 0.0462. The van der Waals surface area contributed by atoms with Gasteiger partial charge in [-0.15, -0.1) is 0 Å². The molecule has 4 N–H and O–H groups in total. The molecule has 0 atom stereocenters. The van der Waals surface area contributed by atoms with Gasteiger partial charge >= 0.3 is 5.97 Å². The smallest absolute Gasteiger partial charge is 0.326 e. The minimum Gasteiger partial charge on any atom is -0.465 e. The van der Waals surface area contributed by atoms with E-state index in [4.69, 9.17) is 9.47 Å². The second-order valence-corrected chi connectivity index (χ2v) is 16.8. The second kappa shape index (κ2) is 24.8. The van der Waals surface area contributed by atoms with E-state index in [0.29, 0.717) is 49.0 Å². The maximum atomic E-state index is 13.0. The Bertz CT molecular complexity index is 2660. The van der Waals surface area contributed by atoms with E-state index in [1.807, 2.05) is 35.5 Å². The molecule has 0 unspecified atom stereocenters. The van der Waals surface area contributed by atoms with Gasteiger partial charge in [-0.1, -0.05) is 44.2 Å². The van der Waals surface area contributed by atoms with Crippen LogP contribution in [0.1, 0.15) is 103 Å². The Labute approximate surface area is 393 Å². The van der Waals surface area contributed by atoms with E-state index in [1.54, 1.807) is 25.3 Å². The number of benzene rings is 1. The van der Waals surface area contributed by atoms with Crippen molar-refractivity contribution in [2.45, 2.75) is 84.1 Å². The number of aromatic amines is 1. The van der Waals surface area contributed by atoms with Crippen molar-refractivity contribution < 1.29 is 32.6 Å². The summed E-state index contributed by atoms with van der Waals surface area (Å²) in [4.78, 5) is 60.5. The van der Waals surface area contributed by atoms with Crippen LogP contribution in [0.4, 0.5) is 26.0 Å². The van der Waals surface area contributed by atoms with Gasteiger partial charge in [-0.3, -0.25) is 29.3 Å². The molecule has 0 radical (unpaired) electrons. The standard InChI is InChI=1S/C34H44N4O4.C15H15F2N7O2/c1-2-42-33(40)25-38-24-31(16-17-32(38)39)37-34(41)29-15-10-14-28(20-29)30-19-27(22-36-23-30)13-6-3-4-9-18-35-21-26-11-7-5-8-12-26;16-13(17)12-10(8-18-22-12)20-15(25)9-7-19-24-2-1-11(21-14(9)24)23-3-5-26-6-4-23/h10,14-17,19-20,22-24,26,35H,2-9,11-13,18,21,25H2,1H3,(H,37,41);1-2,7-8,13H,3-6H2,(H,18,22)(H,20,25). The molecule has 19 heteroatoms. The molecule has 360 valence electrons. The van der Waals surface area contributed by atoms with Gasteiger partial charge in [-0.25, -0.2) is 18.3 Å². The highest BCUT2D eigenvalue weighted by atomic mass is 19.3. The number of hydrogen-bond acceptors (Lipinski definition) is 12. The van der Waals surface area contributed by atoms with Crippen molar-refractivity contribution in [1.29, 1.82) is 0 Å². The number of halogens is 2. The van der Waals surface area contributed by atoms with E-state index in [2.05, 4.69) is 47.3 Å². The second-order valence-electron chi connectivity index (χ2n) is 16.8. The number of carbonyl (C=O) groups is 3. The number of rotatable bonds is 19. The van der Waals surface area contributed by atoms with Gasteiger partial charge in [-0.05, 0) is 99.5 Å². The van der Waals surface area contributed by atoms with Crippen LogP contribution >= 0.6 is 0 Å². The maximum absolute atomic E-state index is 13.0. The lowest BCUT2D eigenvalue weighted by molar-refractivity contribution is -0.143. The van der Waals surface area contributed by atoms with Crippen molar-refractivity contribution in [3.8, 4) is 11.1 Å². The fourth-order valence-corrected chi connectivity index (χ4v) is 8.27. The van der Waals surface area contributed by atoms with Crippen LogP contribution in [0, 0.1) is 5.92 Å². The molecule has 2 amide bonds. The molecule has 6 heterocycles. The number of hydrogen-bond donors (Lipinski definition) is 4. The van der Waals surface area contributed by atoms with Crippen molar-refractivity contribution in [3.63, 3.8) is 0 Å². The zero-order valence-corrected chi connectivity index (χ0v) is 38.3. The lowest BCUT2D eigenvalue weighted by Crippen LogP contribution is -2.36. The highest BCUT2D eigenvalue weighted by Crippen LogP contribution is 2.26. The van der Waals surface area contributed by atoms with Crippen LogP contribution in [0.15, 0.2) is 90.5 Å². The average Bonchev–Trinajstić information content (AvgIpc) is 4.02. The van der Waals surface area contributed by atoms with Crippen LogP contribution in [-0.4, -0.2) is 98.1 Å². The Hall–Kier alpha value is -6.86. The summed E-state index contributed by atoms with van der Waals surface area (Å²) in [6, 6.07) is 14.2. The van der Waals surface area contributed by atoms with Crippen LogP contribution < -0.4 is 26.4 Å². The molecule has 1 saturated heterocycles. The third-order valence-electron chi connectivity index (χ3n) is 11.9. The van der Waals surface area contributed by atoms with Crippen molar-refractivity contribution >= 4 is 40.6 Å². The lowest BCUT2D eigenvalue weighted by atomic mass is 9.89. The molecule has 68 heavy (non-hydrogen) atoms. The largest absolute Gasteiger partial charge is 0.465 e. The molecule has 0 bridgehead atoms. The Morgan fingerprint density at radius 3 is 2.54 bits per heavy atom. The topological polar surface area (TPSA) is 203 Å². The van der Waals surface area contributed by atoms with Gasteiger partial charge in [0.15, 0.2) is 5.65 Å². The van der Waals surface area contributed by atoms with Gasteiger partial charge in [0.05, 0.1) is 43.6 Å². The van der Waals surface area contributed by atoms with Gasteiger partial charge in [0.25, 0.3) is 23.8 Å². The molecule has 8 rings (SSSR count). The minimum absolute atomic E-state index is 0.0753. The van der Waals surface area contributed by atoms with Crippen LogP contribution in [0.3, 0.4) is 0 Å². The SMILES string of the molecule is CCOC(=O)Cn1cc(NC(=O)c2cccc(-c3cncc(CCCCCCNCC4CCCCC4)c3)c2)ccc1=O.O=C(Nc1cn[nH]c1C(F)F)c1cnn2ccc(N3CCOCC3)nc12. The number of esters is 1. The van der Waals surface area contributed by atoms with Gasteiger partial charge in [0.2, 0.25) is 0 Å². The van der Waals surface area contributed by atoms with Crippen LogP contribution in [0.5, 0.6) is 0 Å². The Kier molecular flexibility index (Phi) is 17.9. The fraction of sp³-hybridized carbons (Fsp3) is 0.429. The van der Waals surface area contributed by atoms with Gasteiger partial charge in [-0.2, -0.15) is 10.2 Å². The van der Waals surface area contributed by atoms with Crippen LogP contribution in [0.25, 0.3) is 16.8 Å². The number of aryl methyl sites for hydroxylation is 1. The summed E-state index contributed by atoms with van der Waals surface area (Å²) in [6.45, 7) is 6.65. The van der Waals surface area contributed by atoms with Crippen LogP contribution in [0.2, 0.25) is 0 Å². The normalized spacial score (nSPS) is 14.1. The molecule has 1 aliphatic carbocycles. The first-order chi connectivity index (χ1) is 33.1. The number of nitrogens with one attached hydrogen (secondary N) is 4. The minimum atomic E-state index is -2.78. The number of unbranched alkanes of at least 4 members (excludes halogenated alkanes) is 3. The number of H-pyrrole nitrogens is 1. The molecule has 17 nitrogen and oxygen atoms in total. The Morgan fingerprint density at radius 2 is 1.74 bits per heavy atom. The van der Waals surface area contributed by atoms with Gasteiger partial charge < -0.3 is 34.9 Å². The highest BCUT2D eigenvalue weighted by molar-refractivity contribution is 6.08. The predicted octanol–water partition coefficient (Wildman–Crippen LogP) is 7.48. The summed E-state index contributed by atoms with van der Waals surface area (Å²) in [6.07, 6.45) is 19.4. The monoisotopic (exact) mass is 935 g/mol. The summed E-state index contributed by atoms with van der Waals surface area (Å²) in [7, 11) is 0. The molecule has 5 aromatic heterocycles. The third-order valence-corrected chi connectivity index (χ3v) is 11.9. The molecule has 2 fully saturated rings. The summed E-state index contributed by atoms with van der Waals surface area (Å²) < 4.78 is 38.7. The molecular weight excluding hydrogens is 877 g/mol. The van der Waals surface area contributed by atoms with E-state index in [0.717, 1.165) is 42.6 Å². The summed E-state index contributed by atoms with van der Waals surface area (Å²) >= 11 is 0. The van der Waals surface area contributed by atoms with Crippen molar-refractivity contribution in [2.24, 2.45) is 5.92 Å². The number of carbonyl (C=O) groups excluding carboxylic acids is 3. The molecule has 0 spiro atoms. The zero-order valence-electron chi connectivity index (χ0n) is 38.3. The molecule has 1 aliphatic heterocycles. The van der Waals surface area contributed by atoms with Crippen molar-refractivity contribution in [2.75, 3.05) is 61.5 Å². The van der Waals surface area contributed by atoms with Gasteiger partial charge in [0.1, 0.15) is 23.6 Å². The fourth-order valence-electron chi connectivity index (χ4n) is 8.27. The van der Waals surface area contributed by atoms with E-state index < -0.39 is 24.0 Å². The number of ether oxygens (including phenoxy) is 2. The number of nitrogens with zero attached hydrogens (tertiary/aromatic N) is 7. The first-order valence-corrected chi connectivity index (χ1v) is 23.4. The number of alkyl halides is 2. The van der Waals surface area contributed by atoms with E-state index in [9.17, 15) is 28.0 Å². The number of morpholine rings is 1. The van der Waals surface area contributed by atoms with Crippen molar-refractivity contribution in [3.05, 3.63) is 118 Å². The summed E-state index contributed by atoms with van der Waals surface area (Å²) in [5.41, 5.74) is 3.63. The molecule has 2 aliphatic rings. The number of pyridine rings is 2. The Balaban J connectivity index is 0.000000224. The molecular formula is C49H59F2N11O6. The lowest BCUT2D eigenvalue weighted by Gasteiger charge is -2.27. The highest BCUT2D eigenvalue weighted by Gasteiger charge is 2.22.